The molecular weight excluding hydrogens is 240 g/mol. The van der Waals surface area contributed by atoms with Gasteiger partial charge in [0.25, 0.3) is 0 Å². The Morgan fingerprint density at radius 2 is 2.28 bits per heavy atom. The lowest BCUT2D eigenvalue weighted by atomic mass is 9.95. The average molecular weight is 258 g/mol. The Morgan fingerprint density at radius 3 is 2.83 bits per heavy atom. The van der Waals surface area contributed by atoms with E-state index in [0.29, 0.717) is 0 Å². The third kappa shape index (κ3) is 2.28. The van der Waals surface area contributed by atoms with E-state index < -0.39 is 29.9 Å². The molecule has 2 aliphatic rings. The number of ketones is 1. The highest BCUT2D eigenvalue weighted by atomic mass is 16.7. The summed E-state index contributed by atoms with van der Waals surface area (Å²) >= 11 is 0. The van der Waals surface area contributed by atoms with Crippen LogP contribution in [0.1, 0.15) is 26.2 Å². The number of hydrogen-bond donors (Lipinski definition) is 1. The summed E-state index contributed by atoms with van der Waals surface area (Å²) in [4.78, 5) is 23.4. The van der Waals surface area contributed by atoms with Crippen LogP contribution in [-0.4, -0.2) is 48.6 Å². The van der Waals surface area contributed by atoms with Gasteiger partial charge in [0.1, 0.15) is 11.7 Å². The fourth-order valence-electron chi connectivity index (χ4n) is 2.72. The number of carbonyl (C=O) groups excluding carboxylic acids is 2. The van der Waals surface area contributed by atoms with Crippen molar-refractivity contribution >= 4 is 11.8 Å². The molecule has 1 aliphatic heterocycles. The molecule has 2 fully saturated rings. The second-order valence-electron chi connectivity index (χ2n) is 4.80. The number of rotatable bonds is 4. The summed E-state index contributed by atoms with van der Waals surface area (Å²) in [6.45, 7) is 2.00. The van der Waals surface area contributed by atoms with E-state index in [4.69, 9.17) is 14.2 Å². The highest BCUT2D eigenvalue weighted by Gasteiger charge is 2.59. The molecule has 1 heterocycles. The summed E-state index contributed by atoms with van der Waals surface area (Å²) in [7, 11) is 1.47. The van der Waals surface area contributed by atoms with Gasteiger partial charge in [-0.1, -0.05) is 0 Å². The lowest BCUT2D eigenvalue weighted by molar-refractivity contribution is -0.153. The normalized spacial score (nSPS) is 38.8. The van der Waals surface area contributed by atoms with Gasteiger partial charge in [-0.15, -0.1) is 0 Å². The van der Waals surface area contributed by atoms with Gasteiger partial charge < -0.3 is 19.3 Å². The van der Waals surface area contributed by atoms with E-state index in [0.717, 1.165) is 0 Å². The second-order valence-corrected chi connectivity index (χ2v) is 4.80. The van der Waals surface area contributed by atoms with Gasteiger partial charge >= 0.3 is 5.97 Å². The lowest BCUT2D eigenvalue weighted by Crippen LogP contribution is -2.35. The predicted octanol–water partition coefficient (Wildman–Crippen LogP) is 0.0211. The molecule has 0 aromatic rings. The molecule has 1 N–H and O–H groups in total. The third-order valence-corrected chi connectivity index (χ3v) is 3.54. The number of esters is 1. The predicted molar refractivity (Wildman–Crippen MR) is 59.6 cm³/mol. The van der Waals surface area contributed by atoms with Crippen molar-refractivity contribution in [2.75, 3.05) is 13.7 Å². The average Bonchev–Trinajstić information content (AvgIpc) is 2.74. The number of hydrogen-bond acceptors (Lipinski definition) is 6. The first-order valence-electron chi connectivity index (χ1n) is 6.10. The maximum Gasteiger partial charge on any atom is 0.306 e. The second kappa shape index (κ2) is 4.95. The SMILES string of the molecule is CCOC(=O)CC1C[C@]2(O)CC(OC)OC2C1=O. The smallest absolute Gasteiger partial charge is 0.306 e. The number of fused-ring (bicyclic) bond motifs is 1. The van der Waals surface area contributed by atoms with Crippen molar-refractivity contribution < 1.29 is 28.9 Å². The lowest BCUT2D eigenvalue weighted by Gasteiger charge is -2.18. The number of methoxy groups -OCH3 is 1. The van der Waals surface area contributed by atoms with Gasteiger partial charge in [-0.25, -0.2) is 0 Å². The number of Topliss-reactive ketones (excluding diaryl/α,β-unsaturated/α-hetero) is 1. The Bertz CT molecular complexity index is 354. The van der Waals surface area contributed by atoms with Crippen LogP contribution < -0.4 is 0 Å². The van der Waals surface area contributed by atoms with E-state index in [2.05, 4.69) is 0 Å². The molecule has 0 spiro atoms. The Hall–Kier alpha value is -0.980. The Kier molecular flexibility index (Phi) is 3.70. The van der Waals surface area contributed by atoms with Crippen molar-refractivity contribution in [3.8, 4) is 0 Å². The first-order valence-corrected chi connectivity index (χ1v) is 6.10. The van der Waals surface area contributed by atoms with Crippen LogP contribution in [0.25, 0.3) is 0 Å². The van der Waals surface area contributed by atoms with Crippen LogP contribution in [0.5, 0.6) is 0 Å². The van der Waals surface area contributed by atoms with Gasteiger partial charge in [-0.2, -0.15) is 0 Å². The van der Waals surface area contributed by atoms with Crippen LogP contribution in [0, 0.1) is 5.92 Å². The topological polar surface area (TPSA) is 82.1 Å². The summed E-state index contributed by atoms with van der Waals surface area (Å²) in [6.07, 6.45) is -0.921. The number of aliphatic hydroxyl groups is 1. The molecule has 6 heteroatoms. The standard InChI is InChI=1S/C12H18O6/c1-3-17-8(13)4-7-5-12(15)6-9(16-2)18-11(12)10(7)14/h7,9,11,15H,3-6H2,1-2H3/t7?,9?,11?,12-/m0/s1. The molecule has 3 unspecified atom stereocenters. The van der Waals surface area contributed by atoms with Crippen LogP contribution in [0.3, 0.4) is 0 Å². The summed E-state index contributed by atoms with van der Waals surface area (Å²) in [6, 6.07) is 0. The number of ether oxygens (including phenoxy) is 3. The molecule has 0 aromatic heterocycles. The molecule has 0 radical (unpaired) electrons. The summed E-state index contributed by atoms with van der Waals surface area (Å²) < 4.78 is 15.1. The minimum absolute atomic E-state index is 0.00644. The molecule has 6 nitrogen and oxygen atoms in total. The van der Waals surface area contributed by atoms with Crippen molar-refractivity contribution in [1.29, 1.82) is 0 Å². The molecule has 0 bridgehead atoms. The molecule has 18 heavy (non-hydrogen) atoms. The van der Waals surface area contributed by atoms with E-state index in [-0.39, 0.29) is 31.7 Å². The van der Waals surface area contributed by atoms with Gasteiger partial charge in [-0.05, 0) is 13.3 Å². The molecular formula is C12H18O6. The van der Waals surface area contributed by atoms with Gasteiger partial charge in [0.15, 0.2) is 12.1 Å². The van der Waals surface area contributed by atoms with Crippen molar-refractivity contribution in [3.63, 3.8) is 0 Å². The van der Waals surface area contributed by atoms with Gasteiger partial charge in [0.05, 0.1) is 13.0 Å². The first kappa shape index (κ1) is 13.5. The van der Waals surface area contributed by atoms with Crippen LogP contribution in [-0.2, 0) is 23.8 Å². The van der Waals surface area contributed by atoms with Crippen LogP contribution in [0.15, 0.2) is 0 Å². The molecule has 2 rings (SSSR count). The zero-order valence-corrected chi connectivity index (χ0v) is 10.5. The van der Waals surface area contributed by atoms with Gasteiger partial charge in [-0.3, -0.25) is 9.59 Å². The van der Waals surface area contributed by atoms with E-state index in [9.17, 15) is 14.7 Å². The van der Waals surface area contributed by atoms with Crippen LogP contribution >= 0.6 is 0 Å². The fourth-order valence-corrected chi connectivity index (χ4v) is 2.72. The van der Waals surface area contributed by atoms with Crippen LogP contribution in [0.4, 0.5) is 0 Å². The highest BCUT2D eigenvalue weighted by molar-refractivity contribution is 5.92. The van der Waals surface area contributed by atoms with E-state index in [1.807, 2.05) is 0 Å². The van der Waals surface area contributed by atoms with E-state index in [1.54, 1.807) is 6.92 Å². The maximum absolute atomic E-state index is 12.0. The van der Waals surface area contributed by atoms with E-state index in [1.165, 1.54) is 7.11 Å². The molecule has 0 aromatic carbocycles. The quantitative estimate of drug-likeness (QED) is 0.716. The zero-order chi connectivity index (χ0) is 13.3. The largest absolute Gasteiger partial charge is 0.466 e. The number of carbonyl (C=O) groups is 2. The summed E-state index contributed by atoms with van der Waals surface area (Å²) in [5.41, 5.74) is -1.20. The Labute approximate surface area is 105 Å². The minimum atomic E-state index is -1.20. The summed E-state index contributed by atoms with van der Waals surface area (Å²) in [5.74, 6) is -1.16. The monoisotopic (exact) mass is 258 g/mol. The van der Waals surface area contributed by atoms with Gasteiger partial charge in [0.2, 0.25) is 0 Å². The zero-order valence-electron chi connectivity index (χ0n) is 10.5. The van der Waals surface area contributed by atoms with Crippen molar-refractivity contribution in [1.82, 2.24) is 0 Å². The van der Waals surface area contributed by atoms with Crippen LogP contribution in [0.2, 0.25) is 0 Å². The molecule has 0 amide bonds. The molecule has 1 saturated heterocycles. The molecule has 1 aliphatic carbocycles. The van der Waals surface area contributed by atoms with Crippen molar-refractivity contribution in [3.05, 3.63) is 0 Å². The highest BCUT2D eigenvalue weighted by Crippen LogP contribution is 2.44. The third-order valence-electron chi connectivity index (χ3n) is 3.54. The Balaban J connectivity index is 2.00. The molecule has 1 saturated carbocycles. The molecule has 4 atom stereocenters. The first-order chi connectivity index (χ1) is 8.50. The molecule has 102 valence electrons. The minimum Gasteiger partial charge on any atom is -0.466 e. The Morgan fingerprint density at radius 1 is 1.56 bits per heavy atom. The van der Waals surface area contributed by atoms with Crippen molar-refractivity contribution in [2.24, 2.45) is 5.92 Å². The maximum atomic E-state index is 12.0. The summed E-state index contributed by atoms with van der Waals surface area (Å²) in [5, 5.41) is 10.3. The van der Waals surface area contributed by atoms with Gasteiger partial charge in [0, 0.05) is 19.4 Å². The van der Waals surface area contributed by atoms with E-state index >= 15 is 0 Å². The fraction of sp³-hybridized carbons (Fsp3) is 0.833. The van der Waals surface area contributed by atoms with Crippen molar-refractivity contribution in [2.45, 2.75) is 44.2 Å².